The van der Waals surface area contributed by atoms with E-state index in [-0.39, 0.29) is 5.56 Å². The highest BCUT2D eigenvalue weighted by molar-refractivity contribution is 5.37. The lowest BCUT2D eigenvalue weighted by atomic mass is 9.96. The summed E-state index contributed by atoms with van der Waals surface area (Å²) < 4.78 is 40.8. The van der Waals surface area contributed by atoms with Crippen molar-refractivity contribution in [2.24, 2.45) is 5.84 Å². The Hall–Kier alpha value is -1.86. The van der Waals surface area contributed by atoms with E-state index in [1.54, 1.807) is 16.9 Å². The zero-order valence-corrected chi connectivity index (χ0v) is 10.9. The van der Waals surface area contributed by atoms with Gasteiger partial charge in [0.2, 0.25) is 0 Å². The van der Waals surface area contributed by atoms with Gasteiger partial charge in [0.1, 0.15) is 0 Å². The van der Waals surface area contributed by atoms with E-state index in [0.717, 1.165) is 6.07 Å². The highest BCUT2D eigenvalue weighted by Gasteiger charge is 2.35. The van der Waals surface area contributed by atoms with Crippen LogP contribution in [0.3, 0.4) is 0 Å². The monoisotopic (exact) mass is 284 g/mol. The van der Waals surface area contributed by atoms with Crippen LogP contribution >= 0.6 is 0 Å². The zero-order valence-electron chi connectivity index (χ0n) is 10.9. The molecule has 0 saturated heterocycles. The predicted octanol–water partition coefficient (Wildman–Crippen LogP) is 2.47. The van der Waals surface area contributed by atoms with Crippen LogP contribution in [0.1, 0.15) is 29.7 Å². The van der Waals surface area contributed by atoms with Crippen molar-refractivity contribution in [2.45, 2.75) is 25.7 Å². The standard InChI is InChI=1S/C13H15F3N4/c1-2-20-8-9(7-18-20)12(19-17)10-5-3-4-6-11(10)13(14,15)16/h3-8,12,19H,2,17H2,1H3. The van der Waals surface area contributed by atoms with Crippen molar-refractivity contribution in [3.8, 4) is 0 Å². The molecule has 0 aliphatic heterocycles. The molecule has 3 N–H and O–H groups in total. The molecule has 1 aromatic heterocycles. The summed E-state index contributed by atoms with van der Waals surface area (Å²) in [7, 11) is 0. The predicted molar refractivity (Wildman–Crippen MR) is 68.5 cm³/mol. The second kappa shape index (κ2) is 5.64. The minimum Gasteiger partial charge on any atom is -0.273 e. The van der Waals surface area contributed by atoms with Gasteiger partial charge in [0.25, 0.3) is 0 Å². The SMILES string of the molecule is CCn1cc(C(NN)c2ccccc2C(F)(F)F)cn1. The van der Waals surface area contributed by atoms with Gasteiger partial charge in [-0.25, -0.2) is 5.43 Å². The summed E-state index contributed by atoms with van der Waals surface area (Å²) in [5.41, 5.74) is 2.40. The number of aryl methyl sites for hydroxylation is 1. The number of alkyl halides is 3. The maximum atomic E-state index is 13.0. The summed E-state index contributed by atoms with van der Waals surface area (Å²) in [6, 6.07) is 4.61. The molecule has 1 aromatic carbocycles. The Morgan fingerprint density at radius 2 is 2.05 bits per heavy atom. The molecule has 1 heterocycles. The average molecular weight is 284 g/mol. The summed E-state index contributed by atoms with van der Waals surface area (Å²) >= 11 is 0. The topological polar surface area (TPSA) is 55.9 Å². The van der Waals surface area contributed by atoms with Crippen LogP contribution in [0.5, 0.6) is 0 Å². The summed E-state index contributed by atoms with van der Waals surface area (Å²) in [4.78, 5) is 0. The molecule has 0 aliphatic rings. The second-order valence-corrected chi connectivity index (χ2v) is 4.31. The molecule has 0 radical (unpaired) electrons. The molecule has 20 heavy (non-hydrogen) atoms. The van der Waals surface area contributed by atoms with Gasteiger partial charge in [-0.1, -0.05) is 18.2 Å². The maximum absolute atomic E-state index is 13.0. The number of nitrogens with one attached hydrogen (secondary N) is 1. The van der Waals surface area contributed by atoms with Gasteiger partial charge in [-0.05, 0) is 18.6 Å². The van der Waals surface area contributed by atoms with E-state index >= 15 is 0 Å². The highest BCUT2D eigenvalue weighted by atomic mass is 19.4. The van der Waals surface area contributed by atoms with E-state index < -0.39 is 17.8 Å². The molecule has 0 bridgehead atoms. The molecule has 2 aromatic rings. The zero-order chi connectivity index (χ0) is 14.8. The minimum atomic E-state index is -4.42. The Morgan fingerprint density at radius 3 is 2.60 bits per heavy atom. The molecule has 4 nitrogen and oxygen atoms in total. The van der Waals surface area contributed by atoms with Crippen LogP contribution in [-0.4, -0.2) is 9.78 Å². The van der Waals surface area contributed by atoms with Crippen LogP contribution in [0.25, 0.3) is 0 Å². The summed E-state index contributed by atoms with van der Waals surface area (Å²) in [6.45, 7) is 2.53. The van der Waals surface area contributed by atoms with Crippen LogP contribution in [0.15, 0.2) is 36.7 Å². The Labute approximate surface area is 114 Å². The third-order valence-corrected chi connectivity index (χ3v) is 3.05. The van der Waals surface area contributed by atoms with E-state index in [1.165, 1.54) is 18.3 Å². The van der Waals surface area contributed by atoms with Crippen LogP contribution in [-0.2, 0) is 12.7 Å². The van der Waals surface area contributed by atoms with Crippen LogP contribution in [0.4, 0.5) is 13.2 Å². The van der Waals surface area contributed by atoms with Crippen molar-refractivity contribution >= 4 is 0 Å². The van der Waals surface area contributed by atoms with Gasteiger partial charge >= 0.3 is 6.18 Å². The Kier molecular flexibility index (Phi) is 4.10. The van der Waals surface area contributed by atoms with Crippen LogP contribution < -0.4 is 11.3 Å². The van der Waals surface area contributed by atoms with Crippen molar-refractivity contribution in [3.63, 3.8) is 0 Å². The van der Waals surface area contributed by atoms with Gasteiger partial charge in [-0.3, -0.25) is 10.5 Å². The largest absolute Gasteiger partial charge is 0.416 e. The molecule has 0 spiro atoms. The highest BCUT2D eigenvalue weighted by Crippen LogP contribution is 2.36. The van der Waals surface area contributed by atoms with E-state index in [4.69, 9.17) is 5.84 Å². The van der Waals surface area contributed by atoms with Gasteiger partial charge in [0.05, 0.1) is 17.8 Å². The van der Waals surface area contributed by atoms with Crippen molar-refractivity contribution in [1.29, 1.82) is 0 Å². The van der Waals surface area contributed by atoms with Gasteiger partial charge in [0, 0.05) is 18.3 Å². The third kappa shape index (κ3) is 2.83. The van der Waals surface area contributed by atoms with E-state index in [1.807, 2.05) is 6.92 Å². The summed E-state index contributed by atoms with van der Waals surface area (Å²) in [6.07, 6.45) is -1.23. The van der Waals surface area contributed by atoms with E-state index in [2.05, 4.69) is 10.5 Å². The molecule has 1 atom stereocenters. The van der Waals surface area contributed by atoms with E-state index in [9.17, 15) is 13.2 Å². The first-order valence-electron chi connectivity index (χ1n) is 6.12. The van der Waals surface area contributed by atoms with Crippen LogP contribution in [0.2, 0.25) is 0 Å². The van der Waals surface area contributed by atoms with Gasteiger partial charge < -0.3 is 0 Å². The summed E-state index contributed by atoms with van der Waals surface area (Å²) in [5.74, 6) is 5.45. The molecule has 1 unspecified atom stereocenters. The minimum absolute atomic E-state index is 0.0816. The number of benzene rings is 1. The number of nitrogens with two attached hydrogens (primary N) is 1. The van der Waals surface area contributed by atoms with Crippen molar-refractivity contribution < 1.29 is 13.2 Å². The third-order valence-electron chi connectivity index (χ3n) is 3.05. The first-order chi connectivity index (χ1) is 9.47. The Morgan fingerprint density at radius 1 is 1.35 bits per heavy atom. The molecule has 108 valence electrons. The normalized spacial score (nSPS) is 13.4. The van der Waals surface area contributed by atoms with E-state index in [0.29, 0.717) is 12.1 Å². The number of hydrogen-bond acceptors (Lipinski definition) is 3. The van der Waals surface area contributed by atoms with Gasteiger partial charge in [-0.15, -0.1) is 0 Å². The number of halogens is 3. The number of aromatic nitrogens is 2. The number of hydrogen-bond donors (Lipinski definition) is 2. The molecule has 0 saturated carbocycles. The molecular formula is C13H15F3N4. The first-order valence-corrected chi connectivity index (χ1v) is 6.12. The fourth-order valence-corrected chi connectivity index (χ4v) is 2.07. The fraction of sp³-hybridized carbons (Fsp3) is 0.308. The first kappa shape index (κ1) is 14.5. The molecule has 0 fully saturated rings. The van der Waals surface area contributed by atoms with Gasteiger partial charge in [0.15, 0.2) is 0 Å². The Balaban J connectivity index is 2.47. The lowest BCUT2D eigenvalue weighted by Crippen LogP contribution is -2.30. The second-order valence-electron chi connectivity index (χ2n) is 4.31. The van der Waals surface area contributed by atoms with Gasteiger partial charge in [-0.2, -0.15) is 18.3 Å². The molecule has 7 heteroatoms. The lowest BCUT2D eigenvalue weighted by Gasteiger charge is -2.20. The van der Waals surface area contributed by atoms with Crippen LogP contribution in [0, 0.1) is 0 Å². The summed E-state index contributed by atoms with van der Waals surface area (Å²) in [5, 5.41) is 4.06. The van der Waals surface area contributed by atoms with Crippen molar-refractivity contribution in [2.75, 3.05) is 0 Å². The van der Waals surface area contributed by atoms with Crippen molar-refractivity contribution in [1.82, 2.24) is 15.2 Å². The lowest BCUT2D eigenvalue weighted by molar-refractivity contribution is -0.138. The molecular weight excluding hydrogens is 269 g/mol. The molecule has 0 aliphatic carbocycles. The molecule has 2 rings (SSSR count). The van der Waals surface area contributed by atoms with Crippen molar-refractivity contribution in [3.05, 3.63) is 53.3 Å². The quantitative estimate of drug-likeness (QED) is 0.670. The fourth-order valence-electron chi connectivity index (χ4n) is 2.07. The maximum Gasteiger partial charge on any atom is 0.416 e. The molecule has 0 amide bonds. The smallest absolute Gasteiger partial charge is 0.273 e. The number of hydrazine groups is 1. The average Bonchev–Trinajstić information content (AvgIpc) is 2.88. The number of nitrogens with zero attached hydrogens (tertiary/aromatic N) is 2. The Bertz CT molecular complexity index is 577. The number of rotatable bonds is 4.